The van der Waals surface area contributed by atoms with Crippen LogP contribution in [0.15, 0.2) is 4.99 Å². The molecule has 0 aromatic heterocycles. The Morgan fingerprint density at radius 1 is 0.570 bits per heavy atom. The van der Waals surface area contributed by atoms with Gasteiger partial charge in [0, 0.05) is 46.3 Å². The maximum atomic E-state index is 14.3. The summed E-state index contributed by atoms with van der Waals surface area (Å²) in [7, 11) is 0. The lowest BCUT2D eigenvalue weighted by Crippen LogP contribution is -2.62. The fraction of sp³-hybridized carbons (Fsp3) is 0.714. The van der Waals surface area contributed by atoms with E-state index in [1.165, 1.54) is 25.7 Å². The standard InChI is InChI=1S/C49H86N16O14/c1-8-14-30(61-47(78)39(27(5)66)64-46(77)38(25(3)9-2)63-44(75)33(19-21-37(51)70)60-43(74)32(58-29(7)68)18-20-36(50)69)41(72)59-31(15-10-11-22-55-28(6)67)42(73)62-34(16-12-23-56-49(53)54)48(79)65-24-13-17-35(65)45(76)57-26(4)40(52)71/h25-27,30-35,38-39,66H,8-24H2,1-7H3,(H2,50,69)(H2,51,70)(H2,52,71)(H,55,67)(H,57,76)(H,58,68)(H,59,72)(H,60,74)(H,61,78)(H,62,73)(H,63,75)(H,64,77)(H4,53,54,56)/t25-,26+,27+,30-,31-,32-,33-,34-,35-,38+,39-/m0/s1. The molecular weight excluding hydrogens is 1040 g/mol. The second-order valence-electron chi connectivity index (χ2n) is 19.6. The van der Waals surface area contributed by atoms with Gasteiger partial charge in [0.15, 0.2) is 5.96 Å². The highest BCUT2D eigenvalue weighted by molar-refractivity contribution is 5.99. The van der Waals surface area contributed by atoms with Crippen molar-refractivity contribution in [1.29, 1.82) is 0 Å². The topological polar surface area (TPSA) is 496 Å². The van der Waals surface area contributed by atoms with Gasteiger partial charge in [0.2, 0.25) is 76.8 Å². The Labute approximate surface area is 459 Å². The van der Waals surface area contributed by atoms with Crippen LogP contribution in [0.25, 0.3) is 0 Å². The number of hydrogen-bond donors (Lipinski definition) is 15. The number of unbranched alkanes of at least 4 members (excludes halogenated alkanes) is 1. The Bertz CT molecular complexity index is 2180. The number of primary amides is 3. The minimum Gasteiger partial charge on any atom is -0.391 e. The number of nitrogens with one attached hydrogen (secondary N) is 9. The van der Waals surface area contributed by atoms with Crippen molar-refractivity contribution in [1.82, 2.24) is 52.8 Å². The zero-order valence-electron chi connectivity index (χ0n) is 46.4. The number of carbonyl (C=O) groups is 13. The summed E-state index contributed by atoms with van der Waals surface area (Å²) in [5.74, 6) is -11.1. The zero-order chi connectivity index (χ0) is 60.1. The Morgan fingerprint density at radius 2 is 1.05 bits per heavy atom. The largest absolute Gasteiger partial charge is 0.391 e. The van der Waals surface area contributed by atoms with E-state index in [4.69, 9.17) is 28.7 Å². The number of nitrogens with two attached hydrogens (primary N) is 5. The molecule has 1 aliphatic rings. The van der Waals surface area contributed by atoms with Crippen LogP contribution in [0.5, 0.6) is 0 Å². The van der Waals surface area contributed by atoms with Gasteiger partial charge in [-0.25, -0.2) is 0 Å². The molecule has 1 saturated heterocycles. The van der Waals surface area contributed by atoms with Crippen molar-refractivity contribution in [2.24, 2.45) is 39.6 Å². The number of rotatable bonds is 37. The number of amides is 13. The van der Waals surface area contributed by atoms with Crippen LogP contribution in [-0.2, 0) is 62.3 Å². The predicted molar refractivity (Wildman–Crippen MR) is 286 cm³/mol. The Morgan fingerprint density at radius 3 is 1.54 bits per heavy atom. The molecule has 0 aliphatic carbocycles. The van der Waals surface area contributed by atoms with Crippen LogP contribution in [0, 0.1) is 5.92 Å². The van der Waals surface area contributed by atoms with Crippen molar-refractivity contribution in [2.45, 2.75) is 199 Å². The number of hydrogen-bond acceptors (Lipinski definition) is 15. The molecule has 13 amide bonds. The Kier molecular flexibility index (Phi) is 31.3. The van der Waals surface area contributed by atoms with Crippen molar-refractivity contribution in [3.8, 4) is 0 Å². The summed E-state index contributed by atoms with van der Waals surface area (Å²) >= 11 is 0. The van der Waals surface area contributed by atoms with Crippen LogP contribution >= 0.6 is 0 Å². The molecule has 0 bridgehead atoms. The van der Waals surface area contributed by atoms with E-state index in [0.29, 0.717) is 19.3 Å². The molecule has 0 aromatic rings. The average Bonchev–Trinajstić information content (AvgIpc) is 3.87. The van der Waals surface area contributed by atoms with E-state index in [1.54, 1.807) is 20.8 Å². The Hall–Kier alpha value is -7.66. The third-order valence-electron chi connectivity index (χ3n) is 12.9. The van der Waals surface area contributed by atoms with Gasteiger partial charge >= 0.3 is 0 Å². The van der Waals surface area contributed by atoms with E-state index in [-0.39, 0.29) is 95.7 Å². The molecule has 1 heterocycles. The number of aliphatic hydroxyl groups excluding tert-OH is 1. The number of aliphatic imine (C=N–C) groups is 1. The normalized spacial score (nSPS) is 16.7. The monoisotopic (exact) mass is 1120 g/mol. The maximum absolute atomic E-state index is 14.3. The van der Waals surface area contributed by atoms with Crippen molar-refractivity contribution in [3.63, 3.8) is 0 Å². The first kappa shape index (κ1) is 69.4. The third-order valence-corrected chi connectivity index (χ3v) is 12.9. The summed E-state index contributed by atoms with van der Waals surface area (Å²) in [6.07, 6.45) is -0.995. The summed E-state index contributed by atoms with van der Waals surface area (Å²) in [4.78, 5) is 175. The smallest absolute Gasteiger partial charge is 0.245 e. The lowest BCUT2D eigenvalue weighted by molar-refractivity contribution is -0.142. The third kappa shape index (κ3) is 26.0. The lowest BCUT2D eigenvalue weighted by Gasteiger charge is -2.31. The van der Waals surface area contributed by atoms with Crippen molar-refractivity contribution < 1.29 is 67.4 Å². The number of guanidine groups is 1. The van der Waals surface area contributed by atoms with Crippen molar-refractivity contribution in [2.75, 3.05) is 19.6 Å². The molecule has 0 aromatic carbocycles. The summed E-state index contributed by atoms with van der Waals surface area (Å²) in [5.41, 5.74) is 26.9. The SMILES string of the molecule is CCC[C@H](NC(=O)[C@@H](NC(=O)[C@H](NC(=O)[C@H](CCC(N)=O)NC(=O)[C@H](CCC(N)=O)NC(C)=O)[C@@H](C)CC)[C@@H](C)O)C(=O)N[C@@H](CCCCNC(C)=O)C(=O)N[C@@H](CCCN=C(N)N)C(=O)N1CCC[C@H]1C(=O)N[C@H](C)C(N)=O. The highest BCUT2D eigenvalue weighted by Gasteiger charge is 2.40. The second-order valence-corrected chi connectivity index (χ2v) is 19.6. The first-order valence-corrected chi connectivity index (χ1v) is 26.6. The molecule has 30 heteroatoms. The maximum Gasteiger partial charge on any atom is 0.245 e. The van der Waals surface area contributed by atoms with Gasteiger partial charge in [-0.3, -0.25) is 67.3 Å². The number of nitrogens with zero attached hydrogens (tertiary/aromatic N) is 2. The van der Waals surface area contributed by atoms with Gasteiger partial charge < -0.3 is 86.5 Å². The van der Waals surface area contributed by atoms with Gasteiger partial charge in [-0.2, -0.15) is 0 Å². The van der Waals surface area contributed by atoms with Gasteiger partial charge in [-0.1, -0.05) is 33.6 Å². The molecule has 11 atom stereocenters. The molecule has 30 nitrogen and oxygen atoms in total. The van der Waals surface area contributed by atoms with E-state index < -0.39 is 144 Å². The first-order chi connectivity index (χ1) is 37.0. The molecule has 0 spiro atoms. The van der Waals surface area contributed by atoms with Gasteiger partial charge in [-0.15, -0.1) is 0 Å². The molecule has 0 radical (unpaired) electrons. The highest BCUT2D eigenvalue weighted by Crippen LogP contribution is 2.21. The quantitative estimate of drug-likeness (QED) is 0.0157. The molecule has 0 saturated carbocycles. The molecule has 1 aliphatic heterocycles. The van der Waals surface area contributed by atoms with E-state index >= 15 is 0 Å². The highest BCUT2D eigenvalue weighted by atomic mass is 16.3. The predicted octanol–water partition coefficient (Wildman–Crippen LogP) is -5.50. The lowest BCUT2D eigenvalue weighted by atomic mass is 9.96. The van der Waals surface area contributed by atoms with Gasteiger partial charge in [-0.05, 0) is 84.0 Å². The molecule has 20 N–H and O–H groups in total. The summed E-state index contributed by atoms with van der Waals surface area (Å²) in [6.45, 7) is 10.4. The fourth-order valence-electron chi connectivity index (χ4n) is 8.25. The molecule has 1 rings (SSSR count). The van der Waals surface area contributed by atoms with Gasteiger partial charge in [0.1, 0.15) is 54.4 Å². The van der Waals surface area contributed by atoms with Crippen molar-refractivity contribution in [3.05, 3.63) is 0 Å². The number of likely N-dealkylation sites (tertiary alicyclic amines) is 1. The second kappa shape index (κ2) is 35.7. The fourth-order valence-corrected chi connectivity index (χ4v) is 8.25. The molecular formula is C49H86N16O14. The van der Waals surface area contributed by atoms with Gasteiger partial charge in [0.05, 0.1) is 6.10 Å². The minimum atomic E-state index is -1.76. The van der Waals surface area contributed by atoms with E-state index in [2.05, 4.69) is 52.8 Å². The first-order valence-electron chi connectivity index (χ1n) is 26.6. The van der Waals surface area contributed by atoms with Crippen LogP contribution in [0.3, 0.4) is 0 Å². The molecule has 0 unspecified atom stereocenters. The molecule has 446 valence electrons. The van der Waals surface area contributed by atoms with Crippen LogP contribution in [0.1, 0.15) is 138 Å². The van der Waals surface area contributed by atoms with Gasteiger partial charge in [0.25, 0.3) is 0 Å². The van der Waals surface area contributed by atoms with Crippen LogP contribution < -0.4 is 76.5 Å². The minimum absolute atomic E-state index is 0.0249. The molecule has 1 fully saturated rings. The van der Waals surface area contributed by atoms with E-state index in [1.807, 2.05) is 0 Å². The van der Waals surface area contributed by atoms with Crippen LogP contribution in [0.2, 0.25) is 0 Å². The van der Waals surface area contributed by atoms with Crippen LogP contribution in [-0.4, -0.2) is 173 Å². The average molecular weight is 1120 g/mol. The summed E-state index contributed by atoms with van der Waals surface area (Å²) in [6, 6.07) is -12.1. The number of carbonyl (C=O) groups excluding carboxylic acids is 13. The van der Waals surface area contributed by atoms with E-state index in [0.717, 1.165) is 6.92 Å². The van der Waals surface area contributed by atoms with Crippen LogP contribution in [0.4, 0.5) is 0 Å². The van der Waals surface area contributed by atoms with Crippen molar-refractivity contribution >= 4 is 82.8 Å². The summed E-state index contributed by atoms with van der Waals surface area (Å²) < 4.78 is 0. The zero-order valence-corrected chi connectivity index (χ0v) is 46.4. The number of aliphatic hydroxyl groups is 1. The molecule has 79 heavy (non-hydrogen) atoms. The summed E-state index contributed by atoms with van der Waals surface area (Å²) in [5, 5.41) is 33.7. The Balaban J connectivity index is 3.54. The van der Waals surface area contributed by atoms with E-state index in [9.17, 15) is 67.4 Å².